The molecular weight excluding hydrogens is 248 g/mol. The molecule has 1 aliphatic carbocycles. The van der Waals surface area contributed by atoms with E-state index >= 15 is 0 Å². The van der Waals surface area contributed by atoms with Gasteiger partial charge in [-0.1, -0.05) is 61.9 Å². The SMILES string of the molecule is CCCCCCCC1CC(C)CCC1Br. The van der Waals surface area contributed by atoms with Crippen molar-refractivity contribution in [3.63, 3.8) is 0 Å². The predicted molar refractivity (Wildman–Crippen MR) is 72.6 cm³/mol. The Bertz CT molecular complexity index is 155. The first-order valence-corrected chi connectivity index (χ1v) is 7.79. The lowest BCUT2D eigenvalue weighted by Gasteiger charge is -2.31. The smallest absolute Gasteiger partial charge is 0.0174 e. The number of hydrogen-bond donors (Lipinski definition) is 0. The molecule has 3 unspecified atom stereocenters. The van der Waals surface area contributed by atoms with E-state index in [1.54, 1.807) is 0 Å². The zero-order chi connectivity index (χ0) is 11.1. The van der Waals surface area contributed by atoms with Crippen LogP contribution in [0.2, 0.25) is 0 Å². The van der Waals surface area contributed by atoms with E-state index in [1.165, 1.54) is 57.8 Å². The molecule has 0 radical (unpaired) electrons. The lowest BCUT2D eigenvalue weighted by molar-refractivity contribution is 0.276. The predicted octanol–water partition coefficient (Wildman–Crippen LogP) is 5.55. The van der Waals surface area contributed by atoms with Gasteiger partial charge >= 0.3 is 0 Å². The normalized spacial score (nSPS) is 31.8. The van der Waals surface area contributed by atoms with E-state index in [1.807, 2.05) is 0 Å². The second-order valence-corrected chi connectivity index (χ2v) is 6.57. The first kappa shape index (κ1) is 13.5. The molecule has 15 heavy (non-hydrogen) atoms. The van der Waals surface area contributed by atoms with Gasteiger partial charge in [0.1, 0.15) is 0 Å². The number of rotatable bonds is 6. The molecule has 90 valence electrons. The Morgan fingerprint density at radius 3 is 2.53 bits per heavy atom. The summed E-state index contributed by atoms with van der Waals surface area (Å²) in [6.07, 6.45) is 12.9. The van der Waals surface area contributed by atoms with Gasteiger partial charge in [0.05, 0.1) is 0 Å². The van der Waals surface area contributed by atoms with Crippen LogP contribution in [-0.4, -0.2) is 4.83 Å². The van der Waals surface area contributed by atoms with Crippen LogP contribution in [0.3, 0.4) is 0 Å². The Morgan fingerprint density at radius 1 is 1.07 bits per heavy atom. The van der Waals surface area contributed by atoms with E-state index in [0.29, 0.717) is 0 Å². The van der Waals surface area contributed by atoms with E-state index in [-0.39, 0.29) is 0 Å². The molecule has 0 N–H and O–H groups in total. The van der Waals surface area contributed by atoms with Crippen molar-refractivity contribution in [1.82, 2.24) is 0 Å². The second kappa shape index (κ2) is 7.70. The maximum absolute atomic E-state index is 3.87. The van der Waals surface area contributed by atoms with Gasteiger partial charge in [0.15, 0.2) is 0 Å². The lowest BCUT2D eigenvalue weighted by atomic mass is 9.80. The minimum atomic E-state index is 0.819. The molecule has 3 atom stereocenters. The molecule has 1 saturated carbocycles. The van der Waals surface area contributed by atoms with Gasteiger partial charge in [0.2, 0.25) is 0 Å². The van der Waals surface area contributed by atoms with Crippen LogP contribution in [0.25, 0.3) is 0 Å². The largest absolute Gasteiger partial charge is 0.0888 e. The lowest BCUT2D eigenvalue weighted by Crippen LogP contribution is -2.23. The molecule has 0 spiro atoms. The highest BCUT2D eigenvalue weighted by atomic mass is 79.9. The van der Waals surface area contributed by atoms with E-state index in [4.69, 9.17) is 0 Å². The minimum Gasteiger partial charge on any atom is -0.0888 e. The monoisotopic (exact) mass is 274 g/mol. The molecule has 0 aliphatic heterocycles. The van der Waals surface area contributed by atoms with Gasteiger partial charge < -0.3 is 0 Å². The fraction of sp³-hybridized carbons (Fsp3) is 1.00. The summed E-state index contributed by atoms with van der Waals surface area (Å²) >= 11 is 3.87. The Balaban J connectivity index is 2.08. The van der Waals surface area contributed by atoms with Crippen molar-refractivity contribution in [1.29, 1.82) is 0 Å². The second-order valence-electron chi connectivity index (χ2n) is 5.40. The third-order valence-electron chi connectivity index (χ3n) is 3.83. The number of alkyl halides is 1. The number of hydrogen-bond acceptors (Lipinski definition) is 0. The molecule has 0 aromatic heterocycles. The summed E-state index contributed by atoms with van der Waals surface area (Å²) in [6, 6.07) is 0. The molecule has 0 heterocycles. The first-order chi connectivity index (χ1) is 7.24. The highest BCUT2D eigenvalue weighted by Gasteiger charge is 2.25. The molecule has 0 amide bonds. The van der Waals surface area contributed by atoms with E-state index in [0.717, 1.165) is 16.7 Å². The molecule has 0 aromatic rings. The molecule has 0 saturated heterocycles. The van der Waals surface area contributed by atoms with Crippen LogP contribution in [-0.2, 0) is 0 Å². The molecule has 1 heteroatoms. The summed E-state index contributed by atoms with van der Waals surface area (Å²) in [4.78, 5) is 0.819. The fourth-order valence-electron chi connectivity index (χ4n) is 2.77. The summed E-state index contributed by atoms with van der Waals surface area (Å²) < 4.78 is 0. The summed E-state index contributed by atoms with van der Waals surface area (Å²) in [5, 5.41) is 0. The van der Waals surface area contributed by atoms with Crippen molar-refractivity contribution < 1.29 is 0 Å². The van der Waals surface area contributed by atoms with Gasteiger partial charge in [0.25, 0.3) is 0 Å². The first-order valence-electron chi connectivity index (χ1n) is 6.88. The Morgan fingerprint density at radius 2 is 1.80 bits per heavy atom. The minimum absolute atomic E-state index is 0.819. The highest BCUT2D eigenvalue weighted by molar-refractivity contribution is 9.09. The third-order valence-corrected chi connectivity index (χ3v) is 5.04. The zero-order valence-electron chi connectivity index (χ0n) is 10.5. The van der Waals surface area contributed by atoms with Crippen LogP contribution in [0.15, 0.2) is 0 Å². The molecule has 0 nitrogen and oxygen atoms in total. The van der Waals surface area contributed by atoms with Crippen molar-refractivity contribution in [3.05, 3.63) is 0 Å². The molecule has 0 bridgehead atoms. The molecular formula is C14H27Br. The van der Waals surface area contributed by atoms with Crippen LogP contribution in [0, 0.1) is 11.8 Å². The molecule has 1 fully saturated rings. The van der Waals surface area contributed by atoms with E-state index in [9.17, 15) is 0 Å². The summed E-state index contributed by atoms with van der Waals surface area (Å²) in [6.45, 7) is 4.71. The number of halogens is 1. The van der Waals surface area contributed by atoms with Crippen LogP contribution in [0.4, 0.5) is 0 Å². The Kier molecular flexibility index (Phi) is 6.96. The van der Waals surface area contributed by atoms with Crippen LogP contribution >= 0.6 is 15.9 Å². The van der Waals surface area contributed by atoms with Gasteiger partial charge in [-0.3, -0.25) is 0 Å². The third kappa shape index (κ3) is 5.38. The van der Waals surface area contributed by atoms with Crippen molar-refractivity contribution in [3.8, 4) is 0 Å². The van der Waals surface area contributed by atoms with Crippen molar-refractivity contribution in [2.24, 2.45) is 11.8 Å². The molecule has 0 aromatic carbocycles. The molecule has 1 rings (SSSR count). The van der Waals surface area contributed by atoms with Crippen molar-refractivity contribution >= 4 is 15.9 Å². The van der Waals surface area contributed by atoms with Crippen molar-refractivity contribution in [2.45, 2.75) is 76.5 Å². The van der Waals surface area contributed by atoms with Crippen molar-refractivity contribution in [2.75, 3.05) is 0 Å². The van der Waals surface area contributed by atoms with Gasteiger partial charge in [-0.15, -0.1) is 0 Å². The summed E-state index contributed by atoms with van der Waals surface area (Å²) in [5.74, 6) is 1.94. The van der Waals surface area contributed by atoms with Gasteiger partial charge in [-0.25, -0.2) is 0 Å². The maximum atomic E-state index is 3.87. The number of unbranched alkanes of at least 4 members (excludes halogenated alkanes) is 4. The summed E-state index contributed by atoms with van der Waals surface area (Å²) in [5.41, 5.74) is 0. The van der Waals surface area contributed by atoms with Crippen LogP contribution < -0.4 is 0 Å². The van der Waals surface area contributed by atoms with Gasteiger partial charge in [-0.05, 0) is 37.5 Å². The van der Waals surface area contributed by atoms with Gasteiger partial charge in [0, 0.05) is 4.83 Å². The summed E-state index contributed by atoms with van der Waals surface area (Å²) in [7, 11) is 0. The van der Waals surface area contributed by atoms with Crippen LogP contribution in [0.5, 0.6) is 0 Å². The Labute approximate surface area is 104 Å². The zero-order valence-corrected chi connectivity index (χ0v) is 12.1. The van der Waals surface area contributed by atoms with Gasteiger partial charge in [-0.2, -0.15) is 0 Å². The topological polar surface area (TPSA) is 0 Å². The highest BCUT2D eigenvalue weighted by Crippen LogP contribution is 2.36. The molecule has 1 aliphatic rings. The standard InChI is InChI=1S/C14H27Br/c1-3-4-5-6-7-8-13-11-12(2)9-10-14(13)15/h12-14H,3-11H2,1-2H3. The maximum Gasteiger partial charge on any atom is 0.0174 e. The average molecular weight is 275 g/mol. The Hall–Kier alpha value is 0.480. The van der Waals surface area contributed by atoms with E-state index < -0.39 is 0 Å². The fourth-order valence-corrected chi connectivity index (χ4v) is 3.52. The average Bonchev–Trinajstić information content (AvgIpc) is 2.23. The quantitative estimate of drug-likeness (QED) is 0.440. The van der Waals surface area contributed by atoms with Crippen LogP contribution in [0.1, 0.15) is 71.6 Å². The van der Waals surface area contributed by atoms with E-state index in [2.05, 4.69) is 29.8 Å².